The first-order valence-corrected chi connectivity index (χ1v) is 11.4. The minimum Gasteiger partial charge on any atom is -0.303 e. The molecule has 150 valence electrons. The predicted octanol–water partition coefficient (Wildman–Crippen LogP) is 4.90. The molecule has 0 aliphatic carbocycles. The average Bonchev–Trinajstić information content (AvgIpc) is 2.78. The van der Waals surface area contributed by atoms with Gasteiger partial charge < -0.3 is 9.80 Å². The first kappa shape index (κ1) is 19.7. The molecule has 0 atom stereocenters. The van der Waals surface area contributed by atoms with Gasteiger partial charge in [-0.2, -0.15) is 0 Å². The standard InChI is InChI=1S/C26H36N2/c1-3-7-23(8-4-1)11-17-27-19-13-25(14-20-27)26-15-21-28(22-16-26)18-12-24-9-5-2-6-10-24/h1-10,25-26H,11-22H2. The molecule has 0 N–H and O–H groups in total. The molecule has 0 bridgehead atoms. The van der Waals surface area contributed by atoms with Gasteiger partial charge in [0.25, 0.3) is 0 Å². The number of nitrogens with zero attached hydrogens (tertiary/aromatic N) is 2. The highest BCUT2D eigenvalue weighted by molar-refractivity contribution is 5.15. The zero-order chi connectivity index (χ0) is 19.0. The highest BCUT2D eigenvalue weighted by Crippen LogP contribution is 2.32. The topological polar surface area (TPSA) is 6.48 Å². The number of likely N-dealkylation sites (tertiary alicyclic amines) is 2. The van der Waals surface area contributed by atoms with Gasteiger partial charge in [0.1, 0.15) is 0 Å². The Bertz CT molecular complexity index is 607. The van der Waals surface area contributed by atoms with Crippen LogP contribution in [0.5, 0.6) is 0 Å². The van der Waals surface area contributed by atoms with Crippen LogP contribution < -0.4 is 0 Å². The van der Waals surface area contributed by atoms with Crippen molar-refractivity contribution < 1.29 is 0 Å². The van der Waals surface area contributed by atoms with E-state index in [4.69, 9.17) is 0 Å². The van der Waals surface area contributed by atoms with E-state index in [1.54, 1.807) is 0 Å². The second kappa shape index (κ2) is 10.2. The SMILES string of the molecule is c1ccc(CCN2CCC(C3CCN(CCc4ccccc4)CC3)CC2)cc1. The molecule has 0 unspecified atom stereocenters. The van der Waals surface area contributed by atoms with Crippen molar-refractivity contribution in [3.63, 3.8) is 0 Å². The van der Waals surface area contributed by atoms with Crippen molar-refractivity contribution in [2.75, 3.05) is 39.3 Å². The largest absolute Gasteiger partial charge is 0.303 e. The molecule has 2 heterocycles. The number of rotatable bonds is 7. The first-order chi connectivity index (χ1) is 13.9. The number of benzene rings is 2. The summed E-state index contributed by atoms with van der Waals surface area (Å²) in [7, 11) is 0. The Balaban J connectivity index is 1.13. The lowest BCUT2D eigenvalue weighted by atomic mass is 9.78. The molecule has 2 aliphatic rings. The lowest BCUT2D eigenvalue weighted by Crippen LogP contribution is -2.41. The van der Waals surface area contributed by atoms with Crippen LogP contribution in [0.25, 0.3) is 0 Å². The predicted molar refractivity (Wildman–Crippen MR) is 119 cm³/mol. The Kier molecular flexibility index (Phi) is 7.18. The van der Waals surface area contributed by atoms with E-state index in [9.17, 15) is 0 Å². The summed E-state index contributed by atoms with van der Waals surface area (Å²) in [5, 5.41) is 0. The molecule has 0 radical (unpaired) electrons. The van der Waals surface area contributed by atoms with Gasteiger partial charge in [-0.05, 0) is 87.7 Å². The van der Waals surface area contributed by atoms with E-state index in [0.29, 0.717) is 0 Å². The summed E-state index contributed by atoms with van der Waals surface area (Å²) in [4.78, 5) is 5.39. The van der Waals surface area contributed by atoms with E-state index >= 15 is 0 Å². The maximum atomic E-state index is 2.69. The van der Waals surface area contributed by atoms with Crippen molar-refractivity contribution in [3.05, 3.63) is 71.8 Å². The van der Waals surface area contributed by atoms with Crippen LogP contribution in [0.15, 0.2) is 60.7 Å². The van der Waals surface area contributed by atoms with Crippen molar-refractivity contribution >= 4 is 0 Å². The van der Waals surface area contributed by atoms with E-state index in [1.165, 1.54) is 88.9 Å². The Hall–Kier alpha value is -1.64. The second-order valence-electron chi connectivity index (χ2n) is 8.83. The highest BCUT2D eigenvalue weighted by Gasteiger charge is 2.29. The smallest absolute Gasteiger partial charge is 0.00218 e. The maximum absolute atomic E-state index is 2.69. The van der Waals surface area contributed by atoms with E-state index < -0.39 is 0 Å². The molecule has 2 aliphatic heterocycles. The summed E-state index contributed by atoms with van der Waals surface area (Å²) >= 11 is 0. The van der Waals surface area contributed by atoms with E-state index in [2.05, 4.69) is 70.5 Å². The molecule has 2 aromatic carbocycles. The van der Waals surface area contributed by atoms with Crippen molar-refractivity contribution in [3.8, 4) is 0 Å². The van der Waals surface area contributed by atoms with Crippen LogP contribution in [0.3, 0.4) is 0 Å². The van der Waals surface area contributed by atoms with E-state index in [0.717, 1.165) is 11.8 Å². The van der Waals surface area contributed by atoms with Crippen LogP contribution in [0.1, 0.15) is 36.8 Å². The third kappa shape index (κ3) is 5.68. The van der Waals surface area contributed by atoms with Crippen LogP contribution in [0, 0.1) is 11.8 Å². The molecule has 0 amide bonds. The number of piperidine rings is 2. The van der Waals surface area contributed by atoms with Gasteiger partial charge in [-0.1, -0.05) is 60.7 Å². The molecule has 2 nitrogen and oxygen atoms in total. The molecule has 2 heteroatoms. The van der Waals surface area contributed by atoms with Gasteiger partial charge in [-0.3, -0.25) is 0 Å². The van der Waals surface area contributed by atoms with Gasteiger partial charge in [0, 0.05) is 13.1 Å². The van der Waals surface area contributed by atoms with Crippen molar-refractivity contribution in [1.82, 2.24) is 9.80 Å². The molecule has 2 fully saturated rings. The van der Waals surface area contributed by atoms with Crippen molar-refractivity contribution in [2.24, 2.45) is 11.8 Å². The minimum absolute atomic E-state index is 0.976. The third-order valence-corrected chi connectivity index (χ3v) is 7.05. The molecule has 28 heavy (non-hydrogen) atoms. The van der Waals surface area contributed by atoms with E-state index in [-0.39, 0.29) is 0 Å². The van der Waals surface area contributed by atoms with Gasteiger partial charge >= 0.3 is 0 Å². The summed E-state index contributed by atoms with van der Waals surface area (Å²) in [5.41, 5.74) is 2.96. The van der Waals surface area contributed by atoms with Gasteiger partial charge in [0.2, 0.25) is 0 Å². The molecular weight excluding hydrogens is 340 g/mol. The summed E-state index contributed by atoms with van der Waals surface area (Å²) in [6.45, 7) is 7.71. The Morgan fingerprint density at radius 1 is 0.536 bits per heavy atom. The quantitative estimate of drug-likeness (QED) is 0.678. The Morgan fingerprint density at radius 3 is 1.25 bits per heavy atom. The molecule has 0 spiro atoms. The van der Waals surface area contributed by atoms with Crippen molar-refractivity contribution in [2.45, 2.75) is 38.5 Å². The molecule has 0 aromatic heterocycles. The minimum atomic E-state index is 0.976. The van der Waals surface area contributed by atoms with Crippen LogP contribution in [-0.4, -0.2) is 49.1 Å². The summed E-state index contributed by atoms with van der Waals surface area (Å²) < 4.78 is 0. The van der Waals surface area contributed by atoms with Gasteiger partial charge in [-0.15, -0.1) is 0 Å². The number of hydrogen-bond acceptors (Lipinski definition) is 2. The Morgan fingerprint density at radius 2 is 0.893 bits per heavy atom. The molecule has 2 aromatic rings. The average molecular weight is 377 g/mol. The zero-order valence-electron chi connectivity index (χ0n) is 17.3. The van der Waals surface area contributed by atoms with Gasteiger partial charge in [0.05, 0.1) is 0 Å². The number of hydrogen-bond donors (Lipinski definition) is 0. The van der Waals surface area contributed by atoms with Crippen LogP contribution in [0.4, 0.5) is 0 Å². The highest BCUT2D eigenvalue weighted by atomic mass is 15.1. The first-order valence-electron chi connectivity index (χ1n) is 11.4. The summed E-state index contributed by atoms with van der Waals surface area (Å²) in [5.74, 6) is 1.95. The normalized spacial score (nSPS) is 20.4. The van der Waals surface area contributed by atoms with Crippen molar-refractivity contribution in [1.29, 1.82) is 0 Å². The van der Waals surface area contributed by atoms with Gasteiger partial charge in [-0.25, -0.2) is 0 Å². The monoisotopic (exact) mass is 376 g/mol. The fraction of sp³-hybridized carbons (Fsp3) is 0.538. The second-order valence-corrected chi connectivity index (χ2v) is 8.83. The van der Waals surface area contributed by atoms with Crippen LogP contribution in [-0.2, 0) is 12.8 Å². The Labute approximate surface area is 171 Å². The lowest BCUT2D eigenvalue weighted by Gasteiger charge is -2.40. The zero-order valence-corrected chi connectivity index (χ0v) is 17.3. The van der Waals surface area contributed by atoms with Gasteiger partial charge in [0.15, 0.2) is 0 Å². The van der Waals surface area contributed by atoms with Crippen LogP contribution >= 0.6 is 0 Å². The fourth-order valence-electron chi connectivity index (χ4n) is 5.16. The molecule has 4 rings (SSSR count). The molecule has 2 saturated heterocycles. The molecule has 0 saturated carbocycles. The maximum Gasteiger partial charge on any atom is 0.00218 e. The van der Waals surface area contributed by atoms with Crippen LogP contribution in [0.2, 0.25) is 0 Å². The lowest BCUT2D eigenvalue weighted by molar-refractivity contribution is 0.0972. The fourth-order valence-corrected chi connectivity index (χ4v) is 5.16. The van der Waals surface area contributed by atoms with E-state index in [1.807, 2.05) is 0 Å². The summed E-state index contributed by atoms with van der Waals surface area (Å²) in [6.07, 6.45) is 8.08. The third-order valence-electron chi connectivity index (χ3n) is 7.05. The molecular formula is C26H36N2. The summed E-state index contributed by atoms with van der Waals surface area (Å²) in [6, 6.07) is 21.9.